The molecule has 0 aliphatic rings. The van der Waals surface area contributed by atoms with Gasteiger partial charge in [0.25, 0.3) is 5.91 Å². The van der Waals surface area contributed by atoms with Crippen molar-refractivity contribution in [1.82, 2.24) is 10.6 Å². The number of aromatic hydroxyl groups is 1. The van der Waals surface area contributed by atoms with Crippen LogP contribution in [-0.4, -0.2) is 30.0 Å². The molecule has 0 aromatic heterocycles. The van der Waals surface area contributed by atoms with Crippen LogP contribution in [0.25, 0.3) is 0 Å². The second-order valence-electron chi connectivity index (χ2n) is 3.18. The number of hydrogen-bond acceptors (Lipinski definition) is 3. The quantitative estimate of drug-likeness (QED) is 0.633. The fraction of sp³-hybridized carbons (Fsp3) is 0.167. The molecule has 5 heteroatoms. The van der Waals surface area contributed by atoms with Crippen LogP contribution in [0, 0.1) is 12.3 Å². The van der Waals surface area contributed by atoms with Crippen molar-refractivity contribution in [2.45, 2.75) is 0 Å². The molecule has 2 amide bonds. The number of carbonyl (C=O) groups is 2. The van der Waals surface area contributed by atoms with E-state index in [9.17, 15) is 14.7 Å². The summed E-state index contributed by atoms with van der Waals surface area (Å²) in [6, 6.07) is 6.08. The van der Waals surface area contributed by atoms with Crippen LogP contribution < -0.4 is 10.6 Å². The third-order valence-corrected chi connectivity index (χ3v) is 1.95. The smallest absolute Gasteiger partial charge is 0.255 e. The minimum absolute atomic E-state index is 0.116. The Labute approximate surface area is 98.8 Å². The maximum atomic E-state index is 11.6. The van der Waals surface area contributed by atoms with E-state index in [2.05, 4.69) is 16.6 Å². The zero-order chi connectivity index (χ0) is 12.7. The third kappa shape index (κ3) is 3.87. The molecular formula is C12H12N2O3. The van der Waals surface area contributed by atoms with E-state index in [4.69, 9.17) is 6.42 Å². The van der Waals surface area contributed by atoms with E-state index in [1.807, 2.05) is 0 Å². The summed E-state index contributed by atoms with van der Waals surface area (Å²) in [5.74, 6) is 1.21. The molecule has 0 atom stereocenters. The van der Waals surface area contributed by atoms with E-state index in [0.29, 0.717) is 0 Å². The Kier molecular flexibility index (Phi) is 4.58. The van der Waals surface area contributed by atoms with Gasteiger partial charge in [0.2, 0.25) is 5.91 Å². The Morgan fingerprint density at radius 3 is 2.65 bits per heavy atom. The lowest BCUT2D eigenvalue weighted by Gasteiger charge is -2.06. The molecule has 0 unspecified atom stereocenters. The van der Waals surface area contributed by atoms with Gasteiger partial charge in [0.15, 0.2) is 0 Å². The van der Waals surface area contributed by atoms with Gasteiger partial charge in [-0.1, -0.05) is 18.1 Å². The van der Waals surface area contributed by atoms with Crippen molar-refractivity contribution in [2.24, 2.45) is 0 Å². The van der Waals surface area contributed by atoms with Gasteiger partial charge in [0, 0.05) is 0 Å². The highest BCUT2D eigenvalue weighted by atomic mass is 16.3. The molecule has 0 saturated heterocycles. The molecule has 1 aromatic carbocycles. The van der Waals surface area contributed by atoms with E-state index >= 15 is 0 Å². The molecule has 1 rings (SSSR count). The summed E-state index contributed by atoms with van der Waals surface area (Å²) in [5.41, 5.74) is 0.122. The van der Waals surface area contributed by atoms with Crippen LogP contribution in [0.4, 0.5) is 0 Å². The number of rotatable bonds is 4. The monoisotopic (exact) mass is 232 g/mol. The Balaban J connectivity index is 2.49. The maximum absolute atomic E-state index is 11.6. The van der Waals surface area contributed by atoms with Gasteiger partial charge in [-0.05, 0) is 12.1 Å². The van der Waals surface area contributed by atoms with Crippen LogP contribution in [0.3, 0.4) is 0 Å². The average molecular weight is 232 g/mol. The van der Waals surface area contributed by atoms with Gasteiger partial charge in [-0.3, -0.25) is 9.59 Å². The molecule has 88 valence electrons. The highest BCUT2D eigenvalue weighted by Gasteiger charge is 2.10. The van der Waals surface area contributed by atoms with Crippen molar-refractivity contribution < 1.29 is 14.7 Å². The second-order valence-corrected chi connectivity index (χ2v) is 3.18. The van der Waals surface area contributed by atoms with Crippen molar-refractivity contribution in [3.05, 3.63) is 29.8 Å². The van der Waals surface area contributed by atoms with E-state index in [-0.39, 0.29) is 30.3 Å². The molecule has 1 aromatic rings. The molecule has 0 aliphatic carbocycles. The van der Waals surface area contributed by atoms with E-state index < -0.39 is 5.91 Å². The van der Waals surface area contributed by atoms with Gasteiger partial charge in [0.1, 0.15) is 5.75 Å². The van der Waals surface area contributed by atoms with E-state index in [1.54, 1.807) is 12.1 Å². The van der Waals surface area contributed by atoms with Gasteiger partial charge < -0.3 is 15.7 Å². The highest BCUT2D eigenvalue weighted by Crippen LogP contribution is 2.14. The molecule has 0 heterocycles. The summed E-state index contributed by atoms with van der Waals surface area (Å²) >= 11 is 0. The topological polar surface area (TPSA) is 78.4 Å². The number of benzene rings is 1. The first-order valence-corrected chi connectivity index (χ1v) is 4.91. The van der Waals surface area contributed by atoms with E-state index in [1.165, 1.54) is 12.1 Å². The lowest BCUT2D eigenvalue weighted by Crippen LogP contribution is -2.37. The van der Waals surface area contributed by atoms with Gasteiger partial charge in [-0.15, -0.1) is 6.42 Å². The van der Waals surface area contributed by atoms with Gasteiger partial charge in [-0.2, -0.15) is 0 Å². The Bertz CT molecular complexity index is 463. The lowest BCUT2D eigenvalue weighted by molar-refractivity contribution is -0.119. The molecule has 0 spiro atoms. The highest BCUT2D eigenvalue weighted by molar-refractivity contribution is 5.98. The summed E-state index contributed by atoms with van der Waals surface area (Å²) in [6.07, 6.45) is 4.96. The van der Waals surface area contributed by atoms with Crippen molar-refractivity contribution in [1.29, 1.82) is 0 Å². The summed E-state index contributed by atoms with van der Waals surface area (Å²) in [5, 5.41) is 14.2. The Hall–Kier alpha value is -2.48. The predicted octanol–water partition coefficient (Wildman–Crippen LogP) is -0.129. The standard InChI is InChI=1S/C12H12N2O3/c1-2-7-13-11(16)8-14-12(17)9-5-3-4-6-10(9)15/h1,3-6,15H,7-8H2,(H,13,16)(H,14,17). The molecule has 0 radical (unpaired) electrons. The lowest BCUT2D eigenvalue weighted by atomic mass is 10.2. The van der Waals surface area contributed by atoms with E-state index in [0.717, 1.165) is 0 Å². The van der Waals surface area contributed by atoms with Crippen molar-refractivity contribution in [2.75, 3.05) is 13.1 Å². The minimum atomic E-state index is -0.515. The zero-order valence-electron chi connectivity index (χ0n) is 9.06. The molecule has 5 nitrogen and oxygen atoms in total. The normalized spacial score (nSPS) is 9.12. The van der Waals surface area contributed by atoms with Crippen LogP contribution in [0.5, 0.6) is 5.75 Å². The maximum Gasteiger partial charge on any atom is 0.255 e. The van der Waals surface area contributed by atoms with Crippen molar-refractivity contribution in [3.63, 3.8) is 0 Å². The summed E-state index contributed by atoms with van der Waals surface area (Å²) < 4.78 is 0. The zero-order valence-corrected chi connectivity index (χ0v) is 9.06. The summed E-state index contributed by atoms with van der Waals surface area (Å²) in [4.78, 5) is 22.7. The van der Waals surface area contributed by atoms with Crippen LogP contribution in [0.1, 0.15) is 10.4 Å². The van der Waals surface area contributed by atoms with Crippen molar-refractivity contribution in [3.8, 4) is 18.1 Å². The second kappa shape index (κ2) is 6.18. The largest absolute Gasteiger partial charge is 0.507 e. The molecule has 17 heavy (non-hydrogen) atoms. The third-order valence-electron chi connectivity index (χ3n) is 1.95. The molecular weight excluding hydrogens is 220 g/mol. The van der Waals surface area contributed by atoms with Crippen LogP contribution in [0.2, 0.25) is 0 Å². The molecule has 0 saturated carbocycles. The number of nitrogens with one attached hydrogen (secondary N) is 2. The molecule has 0 fully saturated rings. The number of hydrogen-bond donors (Lipinski definition) is 3. The number of amides is 2. The number of para-hydroxylation sites is 1. The first-order valence-electron chi connectivity index (χ1n) is 4.91. The number of terminal acetylenes is 1. The Morgan fingerprint density at radius 1 is 1.29 bits per heavy atom. The van der Waals surface area contributed by atoms with Gasteiger partial charge >= 0.3 is 0 Å². The van der Waals surface area contributed by atoms with Crippen molar-refractivity contribution >= 4 is 11.8 Å². The first-order chi connectivity index (χ1) is 8.15. The van der Waals surface area contributed by atoms with Gasteiger partial charge in [0.05, 0.1) is 18.7 Å². The van der Waals surface area contributed by atoms with Gasteiger partial charge in [-0.25, -0.2) is 0 Å². The van der Waals surface area contributed by atoms with Crippen LogP contribution in [-0.2, 0) is 4.79 Å². The number of carbonyl (C=O) groups excluding carboxylic acids is 2. The fourth-order valence-electron chi connectivity index (χ4n) is 1.13. The van der Waals surface area contributed by atoms with Crippen LogP contribution >= 0.6 is 0 Å². The number of phenols is 1. The molecule has 0 bridgehead atoms. The average Bonchev–Trinajstić information content (AvgIpc) is 2.34. The fourth-order valence-corrected chi connectivity index (χ4v) is 1.13. The minimum Gasteiger partial charge on any atom is -0.507 e. The summed E-state index contributed by atoms with van der Waals surface area (Å²) in [6.45, 7) is -0.0693. The SMILES string of the molecule is C#CCNC(=O)CNC(=O)c1ccccc1O. The predicted molar refractivity (Wildman–Crippen MR) is 62.3 cm³/mol. The Morgan fingerprint density at radius 2 is 2.00 bits per heavy atom. The molecule has 0 aliphatic heterocycles. The first kappa shape index (κ1) is 12.6. The number of phenolic OH excluding ortho intramolecular Hbond substituents is 1. The van der Waals surface area contributed by atoms with Crippen LogP contribution in [0.15, 0.2) is 24.3 Å². The summed E-state index contributed by atoms with van der Waals surface area (Å²) in [7, 11) is 0. The molecule has 3 N–H and O–H groups in total.